The molecule has 8 heteroatoms. The quantitative estimate of drug-likeness (QED) is 0.636. The maximum absolute atomic E-state index is 13.6. The van der Waals surface area contributed by atoms with E-state index in [1.165, 1.54) is 0 Å². The standard InChI is InChI=1S/C20H24BrF2N3O2/c1-19(2,3)28-18(27)26-16(12-6-8-20(22,23)9-7-12)17-24-11-13-4-5-14(21)10-15(13)25-17/h4-5,10-12,16H,6-9H2,1-3H3,(H,26,27)/t16-/m0/s1. The van der Waals surface area contributed by atoms with Crippen LogP contribution in [0.25, 0.3) is 10.9 Å². The number of carbonyl (C=O) groups is 1. The Labute approximate surface area is 171 Å². The molecule has 0 spiro atoms. The summed E-state index contributed by atoms with van der Waals surface area (Å²) in [6, 6.07) is 5.06. The smallest absolute Gasteiger partial charge is 0.408 e. The van der Waals surface area contributed by atoms with Gasteiger partial charge in [0.15, 0.2) is 5.82 Å². The number of aromatic nitrogens is 2. The monoisotopic (exact) mass is 455 g/mol. The molecule has 1 aliphatic carbocycles. The van der Waals surface area contributed by atoms with Crippen molar-refractivity contribution in [2.24, 2.45) is 5.92 Å². The van der Waals surface area contributed by atoms with Crippen LogP contribution in [0.15, 0.2) is 28.9 Å². The zero-order chi connectivity index (χ0) is 20.5. The van der Waals surface area contributed by atoms with E-state index in [4.69, 9.17) is 4.74 Å². The van der Waals surface area contributed by atoms with E-state index in [-0.39, 0.29) is 31.6 Å². The van der Waals surface area contributed by atoms with E-state index < -0.39 is 23.7 Å². The van der Waals surface area contributed by atoms with Gasteiger partial charge in [-0.2, -0.15) is 0 Å². The van der Waals surface area contributed by atoms with Gasteiger partial charge in [-0.3, -0.25) is 0 Å². The van der Waals surface area contributed by atoms with Crippen molar-refractivity contribution in [2.45, 2.75) is 64.0 Å². The van der Waals surface area contributed by atoms with E-state index in [1.54, 1.807) is 27.0 Å². The molecule has 0 radical (unpaired) electrons. The number of fused-ring (bicyclic) bond motifs is 1. The van der Waals surface area contributed by atoms with Crippen molar-refractivity contribution in [3.05, 3.63) is 34.7 Å². The van der Waals surface area contributed by atoms with E-state index >= 15 is 0 Å². The summed E-state index contributed by atoms with van der Waals surface area (Å²) in [5.74, 6) is -2.43. The summed E-state index contributed by atoms with van der Waals surface area (Å²) < 4.78 is 33.5. The van der Waals surface area contributed by atoms with Gasteiger partial charge in [0, 0.05) is 28.9 Å². The number of halogens is 3. The minimum Gasteiger partial charge on any atom is -0.444 e. The Morgan fingerprint density at radius 2 is 2.00 bits per heavy atom. The molecular weight excluding hydrogens is 432 g/mol. The van der Waals surface area contributed by atoms with Crippen LogP contribution in [-0.4, -0.2) is 27.6 Å². The third kappa shape index (κ3) is 5.37. The first-order valence-electron chi connectivity index (χ1n) is 9.32. The number of nitrogens with zero attached hydrogens (tertiary/aromatic N) is 2. The lowest BCUT2D eigenvalue weighted by atomic mass is 9.81. The lowest BCUT2D eigenvalue weighted by Gasteiger charge is -2.33. The average Bonchev–Trinajstić information content (AvgIpc) is 2.58. The van der Waals surface area contributed by atoms with Gasteiger partial charge in [0.05, 0.1) is 11.6 Å². The molecule has 152 valence electrons. The van der Waals surface area contributed by atoms with Gasteiger partial charge >= 0.3 is 6.09 Å². The van der Waals surface area contributed by atoms with Crippen LogP contribution in [-0.2, 0) is 4.74 Å². The Balaban J connectivity index is 1.90. The fourth-order valence-corrected chi connectivity index (χ4v) is 3.73. The topological polar surface area (TPSA) is 64.1 Å². The Bertz CT molecular complexity index is 860. The van der Waals surface area contributed by atoms with Crippen LogP contribution in [0.1, 0.15) is 58.3 Å². The van der Waals surface area contributed by atoms with Gasteiger partial charge in [-0.05, 0) is 51.7 Å². The second-order valence-corrected chi connectivity index (χ2v) is 9.16. The van der Waals surface area contributed by atoms with Crippen LogP contribution < -0.4 is 5.32 Å². The summed E-state index contributed by atoms with van der Waals surface area (Å²) in [5, 5.41) is 3.68. The van der Waals surface area contributed by atoms with Crippen LogP contribution in [0.4, 0.5) is 13.6 Å². The molecule has 1 saturated carbocycles. The van der Waals surface area contributed by atoms with Crippen molar-refractivity contribution in [1.29, 1.82) is 0 Å². The normalized spacial score (nSPS) is 18.6. The third-order valence-corrected chi connectivity index (χ3v) is 5.24. The van der Waals surface area contributed by atoms with Gasteiger partial charge in [0.1, 0.15) is 5.60 Å². The Kier molecular flexibility index (Phi) is 5.89. The first-order valence-corrected chi connectivity index (χ1v) is 10.1. The number of carbonyl (C=O) groups excluding carboxylic acids is 1. The molecule has 1 atom stereocenters. The van der Waals surface area contributed by atoms with Gasteiger partial charge in [-0.15, -0.1) is 0 Å². The highest BCUT2D eigenvalue weighted by molar-refractivity contribution is 9.10. The molecule has 3 rings (SSSR count). The van der Waals surface area contributed by atoms with Crippen LogP contribution in [0, 0.1) is 5.92 Å². The number of nitrogens with one attached hydrogen (secondary N) is 1. The fourth-order valence-electron chi connectivity index (χ4n) is 3.38. The van der Waals surface area contributed by atoms with Gasteiger partial charge in [0.25, 0.3) is 0 Å². The molecule has 5 nitrogen and oxygen atoms in total. The fraction of sp³-hybridized carbons (Fsp3) is 0.550. The zero-order valence-electron chi connectivity index (χ0n) is 16.1. The molecule has 1 aromatic heterocycles. The predicted molar refractivity (Wildman–Crippen MR) is 106 cm³/mol. The van der Waals surface area contributed by atoms with Crippen LogP contribution in [0.2, 0.25) is 0 Å². The van der Waals surface area contributed by atoms with Gasteiger partial charge in [0.2, 0.25) is 5.92 Å². The first-order chi connectivity index (χ1) is 13.0. The number of ether oxygens (including phenoxy) is 1. The van der Waals surface area contributed by atoms with Crippen molar-refractivity contribution in [1.82, 2.24) is 15.3 Å². The number of alkyl carbamates (subject to hydrolysis) is 1. The molecule has 1 amide bonds. The minimum absolute atomic E-state index is 0.184. The predicted octanol–water partition coefficient (Wildman–Crippen LogP) is 5.78. The van der Waals surface area contributed by atoms with Gasteiger partial charge in [-0.25, -0.2) is 23.5 Å². The van der Waals surface area contributed by atoms with Crippen LogP contribution in [0.5, 0.6) is 0 Å². The molecule has 0 unspecified atom stereocenters. The van der Waals surface area contributed by atoms with Crippen LogP contribution in [0.3, 0.4) is 0 Å². The number of alkyl halides is 2. The number of hydrogen-bond acceptors (Lipinski definition) is 4. The molecule has 0 aliphatic heterocycles. The van der Waals surface area contributed by atoms with Gasteiger partial charge < -0.3 is 10.1 Å². The summed E-state index contributed by atoms with van der Waals surface area (Å²) in [6.07, 6.45) is 1.24. The largest absolute Gasteiger partial charge is 0.444 e. The second kappa shape index (κ2) is 7.89. The molecule has 0 bridgehead atoms. The molecule has 2 aromatic rings. The van der Waals surface area contributed by atoms with Crippen molar-refractivity contribution in [3.8, 4) is 0 Å². The van der Waals surface area contributed by atoms with E-state index in [9.17, 15) is 13.6 Å². The highest BCUT2D eigenvalue weighted by Crippen LogP contribution is 2.41. The van der Waals surface area contributed by atoms with Crippen molar-refractivity contribution >= 4 is 32.9 Å². The number of rotatable bonds is 3. The summed E-state index contributed by atoms with van der Waals surface area (Å²) in [5.41, 5.74) is 0.0556. The highest BCUT2D eigenvalue weighted by Gasteiger charge is 2.39. The molecular formula is C20H24BrF2N3O2. The Morgan fingerprint density at radius 1 is 1.32 bits per heavy atom. The zero-order valence-corrected chi connectivity index (χ0v) is 17.7. The third-order valence-electron chi connectivity index (χ3n) is 4.75. The molecule has 1 heterocycles. The number of amides is 1. The van der Waals surface area contributed by atoms with E-state index in [1.807, 2.05) is 18.2 Å². The van der Waals surface area contributed by atoms with E-state index in [0.29, 0.717) is 5.82 Å². The molecule has 1 aromatic carbocycles. The number of hydrogen-bond donors (Lipinski definition) is 1. The lowest BCUT2D eigenvalue weighted by molar-refractivity contribution is -0.0502. The van der Waals surface area contributed by atoms with E-state index in [0.717, 1.165) is 15.4 Å². The summed E-state index contributed by atoms with van der Waals surface area (Å²) >= 11 is 3.42. The molecule has 1 N–H and O–H groups in total. The lowest BCUT2D eigenvalue weighted by Crippen LogP contribution is -2.40. The summed E-state index contributed by atoms with van der Waals surface area (Å²) in [4.78, 5) is 21.4. The minimum atomic E-state index is -2.65. The summed E-state index contributed by atoms with van der Waals surface area (Å²) in [7, 11) is 0. The SMILES string of the molecule is CC(C)(C)OC(=O)N[C@H](c1ncc2ccc(Br)cc2n1)C1CCC(F)(F)CC1. The van der Waals surface area contributed by atoms with E-state index in [2.05, 4.69) is 31.2 Å². The molecule has 1 aliphatic rings. The second-order valence-electron chi connectivity index (χ2n) is 8.25. The summed E-state index contributed by atoms with van der Waals surface area (Å²) in [6.45, 7) is 5.31. The maximum atomic E-state index is 13.6. The van der Waals surface area contributed by atoms with Crippen molar-refractivity contribution in [2.75, 3.05) is 0 Å². The number of benzene rings is 1. The molecule has 0 saturated heterocycles. The molecule has 28 heavy (non-hydrogen) atoms. The maximum Gasteiger partial charge on any atom is 0.408 e. The highest BCUT2D eigenvalue weighted by atomic mass is 79.9. The van der Waals surface area contributed by atoms with Crippen molar-refractivity contribution < 1.29 is 18.3 Å². The average molecular weight is 456 g/mol. The van der Waals surface area contributed by atoms with Crippen molar-refractivity contribution in [3.63, 3.8) is 0 Å². The van der Waals surface area contributed by atoms with Crippen LogP contribution >= 0.6 is 15.9 Å². The Hall–Kier alpha value is -1.83. The first kappa shape index (κ1) is 20.9. The molecule has 1 fully saturated rings. The van der Waals surface area contributed by atoms with Gasteiger partial charge in [-0.1, -0.05) is 22.0 Å². The Morgan fingerprint density at radius 3 is 2.64 bits per heavy atom.